The molecule has 1 aromatic carbocycles. The summed E-state index contributed by atoms with van der Waals surface area (Å²) in [5.74, 6) is 0. The van der Waals surface area contributed by atoms with Gasteiger partial charge in [-0.05, 0) is 47.7 Å². The second-order valence-electron chi connectivity index (χ2n) is 8.88. The summed E-state index contributed by atoms with van der Waals surface area (Å²) >= 11 is 6.37. The third kappa shape index (κ3) is 3.71. The number of nitriles is 1. The number of aromatic nitrogens is 3. The Morgan fingerprint density at radius 1 is 1.18 bits per heavy atom. The number of fused-ring (bicyclic) bond motifs is 1. The van der Waals surface area contributed by atoms with Crippen LogP contribution in [0, 0.1) is 11.3 Å². The van der Waals surface area contributed by atoms with E-state index in [0.717, 1.165) is 18.4 Å². The van der Waals surface area contributed by atoms with Gasteiger partial charge in [0.05, 0.1) is 24.6 Å². The molecule has 5 rings (SSSR count). The maximum absolute atomic E-state index is 13.0. The van der Waals surface area contributed by atoms with Gasteiger partial charge < -0.3 is 25.2 Å². The van der Waals surface area contributed by atoms with Crippen LogP contribution in [0.4, 0.5) is 0 Å². The van der Waals surface area contributed by atoms with E-state index in [0.29, 0.717) is 21.8 Å². The molecule has 4 N–H and O–H groups in total. The van der Waals surface area contributed by atoms with Crippen LogP contribution >= 0.6 is 11.6 Å². The van der Waals surface area contributed by atoms with Crippen molar-refractivity contribution < 1.29 is 25.2 Å². The van der Waals surface area contributed by atoms with Gasteiger partial charge in [0.25, 0.3) is 0 Å². The predicted octanol–water partition coefficient (Wildman–Crippen LogP) is 0.268. The molecule has 0 amide bonds. The first kappa shape index (κ1) is 23.0. The van der Waals surface area contributed by atoms with Crippen LogP contribution < -0.4 is 5.69 Å². The van der Waals surface area contributed by atoms with Crippen LogP contribution in [0.5, 0.6) is 0 Å². The minimum absolute atomic E-state index is 0.0311. The molecular weight excluding hydrogens is 464 g/mol. The van der Waals surface area contributed by atoms with E-state index >= 15 is 0 Å². The Kier molecular flexibility index (Phi) is 5.72. The normalized spacial score (nSPS) is 28.1. The molecule has 1 saturated heterocycles. The summed E-state index contributed by atoms with van der Waals surface area (Å²) in [6, 6.07) is 10.7. The van der Waals surface area contributed by atoms with E-state index in [9.17, 15) is 30.5 Å². The van der Waals surface area contributed by atoms with Gasteiger partial charge in [0.15, 0.2) is 5.65 Å². The highest BCUT2D eigenvalue weighted by Crippen LogP contribution is 2.47. The van der Waals surface area contributed by atoms with E-state index in [1.807, 2.05) is 6.07 Å². The zero-order chi connectivity index (χ0) is 24.2. The molecule has 11 heteroatoms. The van der Waals surface area contributed by atoms with Crippen molar-refractivity contribution in [2.75, 3.05) is 6.61 Å². The van der Waals surface area contributed by atoms with E-state index in [1.165, 1.54) is 9.08 Å². The smallest absolute Gasteiger partial charge is 0.350 e. The number of pyridine rings is 1. The second kappa shape index (κ2) is 8.46. The monoisotopic (exact) mass is 486 g/mol. The summed E-state index contributed by atoms with van der Waals surface area (Å²) in [6.45, 7) is -0.503. The van der Waals surface area contributed by atoms with Crippen molar-refractivity contribution in [2.24, 2.45) is 0 Å². The lowest BCUT2D eigenvalue weighted by molar-refractivity contribution is -0.231. The molecule has 2 aromatic heterocycles. The van der Waals surface area contributed by atoms with E-state index in [-0.39, 0.29) is 12.2 Å². The van der Waals surface area contributed by atoms with Crippen molar-refractivity contribution in [1.29, 1.82) is 5.26 Å². The van der Waals surface area contributed by atoms with Crippen molar-refractivity contribution >= 4 is 17.2 Å². The number of halogens is 1. The molecule has 178 valence electrons. The molecule has 1 aliphatic carbocycles. The number of benzene rings is 1. The van der Waals surface area contributed by atoms with Crippen LogP contribution in [0.2, 0.25) is 5.02 Å². The number of aliphatic hydroxyl groups excluding tert-OH is 4. The number of aliphatic hydroxyl groups is 4. The highest BCUT2D eigenvalue weighted by molar-refractivity contribution is 6.31. The first-order valence-corrected chi connectivity index (χ1v) is 11.3. The SMILES string of the molecule is N#CC1(c2ccc3nn(Cc4cc(C5OC(CO)C(O)C(O)C5O)ccc4Cl)c(=O)n3c2)CC1. The minimum atomic E-state index is -1.51. The third-order valence-electron chi connectivity index (χ3n) is 6.70. The first-order valence-electron chi connectivity index (χ1n) is 10.9. The van der Waals surface area contributed by atoms with Crippen LogP contribution in [-0.4, -0.2) is 65.6 Å². The van der Waals surface area contributed by atoms with Crippen LogP contribution in [0.3, 0.4) is 0 Å². The third-order valence-corrected chi connectivity index (χ3v) is 7.07. The van der Waals surface area contributed by atoms with Crippen molar-refractivity contribution in [3.8, 4) is 6.07 Å². The minimum Gasteiger partial charge on any atom is -0.394 e. The molecule has 5 unspecified atom stereocenters. The van der Waals surface area contributed by atoms with Crippen molar-refractivity contribution in [3.05, 3.63) is 68.7 Å². The van der Waals surface area contributed by atoms with E-state index in [2.05, 4.69) is 11.2 Å². The van der Waals surface area contributed by atoms with Crippen molar-refractivity contribution in [2.45, 2.75) is 55.3 Å². The van der Waals surface area contributed by atoms with Crippen LogP contribution in [-0.2, 0) is 16.7 Å². The van der Waals surface area contributed by atoms with Gasteiger partial charge in [0.1, 0.15) is 30.5 Å². The molecule has 1 aliphatic heterocycles. The number of rotatable bonds is 5. The summed E-state index contributed by atoms with van der Waals surface area (Å²) in [7, 11) is 0. The van der Waals surface area contributed by atoms with E-state index < -0.39 is 42.5 Å². The predicted molar refractivity (Wildman–Crippen MR) is 119 cm³/mol. The Morgan fingerprint density at radius 2 is 1.94 bits per heavy atom. The fourth-order valence-corrected chi connectivity index (χ4v) is 4.60. The van der Waals surface area contributed by atoms with Crippen LogP contribution in [0.15, 0.2) is 41.3 Å². The topological polar surface area (TPSA) is 153 Å². The van der Waals surface area contributed by atoms with Gasteiger partial charge >= 0.3 is 5.69 Å². The average molecular weight is 487 g/mol. The molecule has 0 radical (unpaired) electrons. The number of ether oxygens (including phenoxy) is 1. The van der Waals surface area contributed by atoms with E-state index in [1.54, 1.807) is 30.5 Å². The zero-order valence-corrected chi connectivity index (χ0v) is 18.7. The first-order chi connectivity index (χ1) is 16.3. The molecule has 2 fully saturated rings. The van der Waals surface area contributed by atoms with Gasteiger partial charge in [0.2, 0.25) is 0 Å². The molecule has 1 saturated carbocycles. The Hall–Kier alpha value is -2.78. The molecular formula is C23H23ClN4O6. The average Bonchev–Trinajstić information content (AvgIpc) is 3.59. The summed E-state index contributed by atoms with van der Waals surface area (Å²) in [4.78, 5) is 13.0. The Morgan fingerprint density at radius 3 is 2.62 bits per heavy atom. The second-order valence-corrected chi connectivity index (χ2v) is 9.29. The fraction of sp³-hybridized carbons (Fsp3) is 0.435. The van der Waals surface area contributed by atoms with Gasteiger partial charge in [0, 0.05) is 11.2 Å². The molecule has 34 heavy (non-hydrogen) atoms. The lowest BCUT2D eigenvalue weighted by Crippen LogP contribution is -2.55. The molecule has 10 nitrogen and oxygen atoms in total. The maximum Gasteiger partial charge on any atom is 0.350 e. The molecule has 3 aromatic rings. The summed E-state index contributed by atoms with van der Waals surface area (Å²) in [5, 5.41) is 54.2. The Balaban J connectivity index is 1.46. The van der Waals surface area contributed by atoms with Gasteiger partial charge in [-0.1, -0.05) is 23.7 Å². The highest BCUT2D eigenvalue weighted by atomic mass is 35.5. The lowest BCUT2D eigenvalue weighted by atomic mass is 9.90. The maximum atomic E-state index is 13.0. The molecule has 5 atom stereocenters. The lowest BCUT2D eigenvalue weighted by Gasteiger charge is -2.40. The van der Waals surface area contributed by atoms with Crippen LogP contribution in [0.1, 0.15) is 35.6 Å². The van der Waals surface area contributed by atoms with Gasteiger partial charge in [-0.2, -0.15) is 5.26 Å². The fourth-order valence-electron chi connectivity index (χ4n) is 4.43. The summed E-state index contributed by atoms with van der Waals surface area (Å²) < 4.78 is 8.29. The summed E-state index contributed by atoms with van der Waals surface area (Å²) in [6.07, 6.45) is -3.28. The molecule has 3 heterocycles. The van der Waals surface area contributed by atoms with Crippen molar-refractivity contribution in [3.63, 3.8) is 0 Å². The van der Waals surface area contributed by atoms with E-state index in [4.69, 9.17) is 16.3 Å². The Labute approximate surface area is 198 Å². The number of nitrogens with zero attached hydrogens (tertiary/aromatic N) is 4. The number of hydrogen-bond donors (Lipinski definition) is 4. The molecule has 0 bridgehead atoms. The molecule has 2 aliphatic rings. The van der Waals surface area contributed by atoms with Crippen molar-refractivity contribution in [1.82, 2.24) is 14.2 Å². The van der Waals surface area contributed by atoms with Crippen LogP contribution in [0.25, 0.3) is 5.65 Å². The van der Waals surface area contributed by atoms with Gasteiger partial charge in [-0.15, -0.1) is 5.10 Å². The zero-order valence-electron chi connectivity index (χ0n) is 18.0. The standard InChI is InChI=1S/C23H23ClN4O6/c24-15-3-1-12(21-20(32)19(31)18(30)16(10-29)34-21)7-13(15)8-28-22(33)27-9-14(2-4-17(27)26-28)23(11-25)5-6-23/h1-4,7,9,16,18-21,29-32H,5-6,8,10H2. The highest BCUT2D eigenvalue weighted by Gasteiger charge is 2.45. The molecule has 0 spiro atoms. The quantitative estimate of drug-likeness (QED) is 0.401. The van der Waals surface area contributed by atoms with Gasteiger partial charge in [-0.3, -0.25) is 0 Å². The summed E-state index contributed by atoms with van der Waals surface area (Å²) in [5.41, 5.74) is 1.28. The van der Waals surface area contributed by atoms with Gasteiger partial charge in [-0.25, -0.2) is 13.9 Å². The Bertz CT molecular complexity index is 1340. The largest absolute Gasteiger partial charge is 0.394 e. The number of hydrogen-bond acceptors (Lipinski definition) is 8.